The van der Waals surface area contributed by atoms with Crippen LogP contribution in [-0.4, -0.2) is 37.7 Å². The second-order valence-corrected chi connectivity index (χ2v) is 9.87. The molecule has 0 saturated carbocycles. The summed E-state index contributed by atoms with van der Waals surface area (Å²) in [6.45, 7) is 1.80. The van der Waals surface area contributed by atoms with Crippen LogP contribution in [0.1, 0.15) is 22.8 Å². The highest BCUT2D eigenvalue weighted by Gasteiger charge is 2.13. The normalized spacial score (nSPS) is 12.0. The molecule has 1 amide bonds. The molecule has 1 heterocycles. The Morgan fingerprint density at radius 2 is 1.90 bits per heavy atom. The first-order valence-corrected chi connectivity index (χ1v) is 11.8. The van der Waals surface area contributed by atoms with Crippen LogP contribution in [0, 0.1) is 12.3 Å². The second-order valence-electron chi connectivity index (χ2n) is 6.58. The van der Waals surface area contributed by atoms with E-state index in [9.17, 15) is 18.0 Å². The molecule has 2 aromatic carbocycles. The van der Waals surface area contributed by atoms with Crippen LogP contribution in [0.3, 0.4) is 0 Å². The average molecular weight is 457 g/mol. The number of rotatable bonds is 6. The number of amides is 1. The summed E-state index contributed by atoms with van der Waals surface area (Å²) in [4.78, 5) is 29.2. The van der Waals surface area contributed by atoms with Crippen molar-refractivity contribution in [2.45, 2.75) is 24.8 Å². The molecule has 0 aliphatic carbocycles. The fourth-order valence-corrected chi connectivity index (χ4v) is 4.92. The smallest absolute Gasteiger partial charge is 0.337 e. The van der Waals surface area contributed by atoms with Crippen LogP contribution in [-0.2, 0) is 32.3 Å². The van der Waals surface area contributed by atoms with Gasteiger partial charge in [0.1, 0.15) is 0 Å². The van der Waals surface area contributed by atoms with Gasteiger partial charge in [-0.3, -0.25) is 4.79 Å². The molecule has 3 rings (SSSR count). The van der Waals surface area contributed by atoms with Gasteiger partial charge < -0.3 is 9.30 Å². The van der Waals surface area contributed by atoms with E-state index >= 15 is 0 Å². The molecule has 0 bridgehead atoms. The maximum absolute atomic E-state index is 12.6. The maximum Gasteiger partial charge on any atom is 0.337 e. The first kappa shape index (κ1) is 22.5. The van der Waals surface area contributed by atoms with Gasteiger partial charge in [0, 0.05) is 0 Å². The number of hydrogen-bond acceptors (Lipinski definition) is 6. The summed E-state index contributed by atoms with van der Waals surface area (Å²) in [7, 11) is -1.98. The molecule has 0 saturated heterocycles. The standard InChI is InChI=1S/C22H20N2O5S2/c1-4-12-24-18-11-8-16(21(26)29-3)14-19(18)30-22(24)23-20(25)13-15-6-9-17(10-7-15)31(27,28)5-2/h1,6-11,14H,5,12-13H2,2-3H3. The SMILES string of the molecule is C#CCn1c(=NC(=O)Cc2ccc(S(=O)(=O)CC)cc2)sc2cc(C(=O)OC)ccc21. The topological polar surface area (TPSA) is 94.8 Å². The minimum absolute atomic E-state index is 0.0133. The molecule has 3 aromatic rings. The Labute approximate surface area is 183 Å². The lowest BCUT2D eigenvalue weighted by atomic mass is 10.1. The van der Waals surface area contributed by atoms with E-state index in [4.69, 9.17) is 11.2 Å². The summed E-state index contributed by atoms with van der Waals surface area (Å²) in [6.07, 6.45) is 5.50. The molecular formula is C22H20N2O5S2. The third-order valence-electron chi connectivity index (χ3n) is 4.59. The van der Waals surface area contributed by atoms with Crippen molar-refractivity contribution in [1.82, 2.24) is 4.57 Å². The predicted molar refractivity (Wildman–Crippen MR) is 118 cm³/mol. The van der Waals surface area contributed by atoms with Crippen LogP contribution in [0.15, 0.2) is 52.4 Å². The molecule has 0 N–H and O–H groups in total. The van der Waals surface area contributed by atoms with E-state index in [-0.39, 0.29) is 23.6 Å². The third kappa shape index (κ3) is 4.93. The zero-order valence-corrected chi connectivity index (χ0v) is 18.6. The van der Waals surface area contributed by atoms with E-state index in [0.29, 0.717) is 15.9 Å². The summed E-state index contributed by atoms with van der Waals surface area (Å²) in [5.74, 6) is 1.71. The molecule has 7 nitrogen and oxygen atoms in total. The zero-order valence-electron chi connectivity index (χ0n) is 17.0. The molecule has 0 aliphatic heterocycles. The lowest BCUT2D eigenvalue weighted by molar-refractivity contribution is -0.117. The molecule has 0 atom stereocenters. The van der Waals surface area contributed by atoms with Crippen molar-refractivity contribution < 1.29 is 22.7 Å². The van der Waals surface area contributed by atoms with Gasteiger partial charge >= 0.3 is 5.97 Å². The number of sulfone groups is 1. The molecule has 1 aromatic heterocycles. The van der Waals surface area contributed by atoms with E-state index in [1.807, 2.05) is 0 Å². The van der Waals surface area contributed by atoms with Crippen molar-refractivity contribution in [3.8, 4) is 12.3 Å². The molecule has 0 unspecified atom stereocenters. The Kier molecular flexibility index (Phi) is 6.73. The second kappa shape index (κ2) is 9.29. The van der Waals surface area contributed by atoms with Crippen molar-refractivity contribution in [3.05, 3.63) is 58.4 Å². The van der Waals surface area contributed by atoms with E-state index in [2.05, 4.69) is 10.9 Å². The number of nitrogens with zero attached hydrogens (tertiary/aromatic N) is 2. The van der Waals surface area contributed by atoms with Crippen LogP contribution in [0.25, 0.3) is 10.2 Å². The Hall–Kier alpha value is -3.22. The molecule has 0 fully saturated rings. The Balaban J connectivity index is 1.93. The van der Waals surface area contributed by atoms with Gasteiger partial charge in [0.15, 0.2) is 14.6 Å². The summed E-state index contributed by atoms with van der Waals surface area (Å²) in [6, 6.07) is 11.3. The fraction of sp³-hybridized carbons (Fsp3) is 0.227. The van der Waals surface area contributed by atoms with Gasteiger partial charge in [-0.1, -0.05) is 36.3 Å². The third-order valence-corrected chi connectivity index (χ3v) is 7.38. The summed E-state index contributed by atoms with van der Waals surface area (Å²) >= 11 is 1.25. The number of fused-ring (bicyclic) bond motifs is 1. The van der Waals surface area contributed by atoms with Gasteiger partial charge in [0.25, 0.3) is 5.91 Å². The van der Waals surface area contributed by atoms with Gasteiger partial charge in [-0.2, -0.15) is 4.99 Å². The van der Waals surface area contributed by atoms with Crippen LogP contribution < -0.4 is 4.80 Å². The van der Waals surface area contributed by atoms with Gasteiger partial charge in [0.2, 0.25) is 0 Å². The molecular weight excluding hydrogens is 436 g/mol. The van der Waals surface area contributed by atoms with E-state index in [0.717, 1.165) is 10.2 Å². The monoisotopic (exact) mass is 456 g/mol. The lowest BCUT2D eigenvalue weighted by Crippen LogP contribution is -2.17. The molecule has 160 valence electrons. The maximum atomic E-state index is 12.6. The Morgan fingerprint density at radius 1 is 1.19 bits per heavy atom. The molecule has 0 radical (unpaired) electrons. The molecule has 0 aliphatic rings. The average Bonchev–Trinajstić information content (AvgIpc) is 3.09. The predicted octanol–water partition coefficient (Wildman–Crippen LogP) is 2.59. The van der Waals surface area contributed by atoms with Crippen molar-refractivity contribution in [3.63, 3.8) is 0 Å². The zero-order chi connectivity index (χ0) is 22.6. The summed E-state index contributed by atoms with van der Waals surface area (Å²) < 4.78 is 31.1. The van der Waals surface area contributed by atoms with Gasteiger partial charge in [-0.25, -0.2) is 13.2 Å². The van der Waals surface area contributed by atoms with E-state index in [1.54, 1.807) is 41.8 Å². The first-order chi connectivity index (χ1) is 14.8. The number of aromatic nitrogens is 1. The minimum Gasteiger partial charge on any atom is -0.465 e. The number of thiazole rings is 1. The van der Waals surface area contributed by atoms with Gasteiger partial charge in [-0.05, 0) is 35.9 Å². The van der Waals surface area contributed by atoms with Crippen molar-refractivity contribution in [2.75, 3.05) is 12.9 Å². The first-order valence-electron chi connectivity index (χ1n) is 9.33. The van der Waals surface area contributed by atoms with Gasteiger partial charge in [-0.15, -0.1) is 6.42 Å². The van der Waals surface area contributed by atoms with Crippen molar-refractivity contribution in [1.29, 1.82) is 0 Å². The summed E-state index contributed by atoms with van der Waals surface area (Å²) in [5, 5.41) is 0. The Morgan fingerprint density at radius 3 is 2.52 bits per heavy atom. The number of benzene rings is 2. The number of carbonyl (C=O) groups excluding carboxylic acids is 2. The number of terminal acetylenes is 1. The minimum atomic E-state index is -3.29. The van der Waals surface area contributed by atoms with Crippen molar-refractivity contribution in [2.24, 2.45) is 4.99 Å². The number of methoxy groups -OCH3 is 1. The number of ether oxygens (including phenoxy) is 1. The van der Waals surface area contributed by atoms with Crippen LogP contribution >= 0.6 is 11.3 Å². The highest BCUT2D eigenvalue weighted by atomic mass is 32.2. The van der Waals surface area contributed by atoms with E-state index in [1.165, 1.54) is 30.6 Å². The van der Waals surface area contributed by atoms with Crippen LogP contribution in [0.5, 0.6) is 0 Å². The van der Waals surface area contributed by atoms with Crippen LogP contribution in [0.2, 0.25) is 0 Å². The van der Waals surface area contributed by atoms with Crippen molar-refractivity contribution >= 4 is 43.3 Å². The lowest BCUT2D eigenvalue weighted by Gasteiger charge is -2.03. The highest BCUT2D eigenvalue weighted by molar-refractivity contribution is 7.91. The largest absolute Gasteiger partial charge is 0.465 e. The van der Waals surface area contributed by atoms with Gasteiger partial charge in [0.05, 0.1) is 46.5 Å². The van der Waals surface area contributed by atoms with E-state index < -0.39 is 21.7 Å². The van der Waals surface area contributed by atoms with Crippen LogP contribution in [0.4, 0.5) is 0 Å². The number of hydrogen-bond donors (Lipinski definition) is 0. The highest BCUT2D eigenvalue weighted by Crippen LogP contribution is 2.20. The molecule has 31 heavy (non-hydrogen) atoms. The Bertz CT molecular complexity index is 1360. The molecule has 0 spiro atoms. The molecule has 9 heteroatoms. The quantitative estimate of drug-likeness (QED) is 0.420. The fourth-order valence-electron chi connectivity index (χ4n) is 2.95. The number of esters is 1. The number of carbonyl (C=O) groups is 2. The summed E-state index contributed by atoms with van der Waals surface area (Å²) in [5.41, 5.74) is 1.81.